The Morgan fingerprint density at radius 1 is 0.905 bits per heavy atom. The highest BCUT2D eigenvalue weighted by Crippen LogP contribution is 2.32. The average molecular weight is 280 g/mol. The van der Waals surface area contributed by atoms with E-state index in [1.54, 1.807) is 0 Å². The number of hydrogen-bond donors (Lipinski definition) is 1. The first-order valence-electron chi connectivity index (χ1n) is 6.91. The zero-order valence-corrected chi connectivity index (χ0v) is 11.4. The van der Waals surface area contributed by atoms with Gasteiger partial charge in [0.15, 0.2) is 12.1 Å². The van der Waals surface area contributed by atoms with Gasteiger partial charge in [-0.25, -0.2) is 0 Å². The molecule has 0 saturated carbocycles. The van der Waals surface area contributed by atoms with Crippen LogP contribution in [0.15, 0.2) is 72.8 Å². The van der Waals surface area contributed by atoms with Crippen molar-refractivity contribution in [3.8, 4) is 0 Å². The summed E-state index contributed by atoms with van der Waals surface area (Å²) in [7, 11) is 0. The number of aliphatic hydroxyl groups is 1. The molecule has 21 heavy (non-hydrogen) atoms. The molecule has 106 valence electrons. The van der Waals surface area contributed by atoms with E-state index in [1.807, 2.05) is 60.7 Å². The molecule has 1 aliphatic heterocycles. The van der Waals surface area contributed by atoms with E-state index in [0.29, 0.717) is 0 Å². The van der Waals surface area contributed by atoms with Crippen molar-refractivity contribution in [3.63, 3.8) is 0 Å². The molecule has 0 aliphatic carbocycles. The monoisotopic (exact) mass is 280 g/mol. The first kappa shape index (κ1) is 13.7. The van der Waals surface area contributed by atoms with E-state index in [1.165, 1.54) is 12.2 Å². The van der Waals surface area contributed by atoms with Gasteiger partial charge in [-0.15, -0.1) is 0 Å². The Kier molecular flexibility index (Phi) is 3.95. The van der Waals surface area contributed by atoms with E-state index in [-0.39, 0.29) is 11.7 Å². The number of ether oxygens (including phenoxy) is 1. The molecule has 2 aromatic rings. The lowest BCUT2D eigenvalue weighted by Gasteiger charge is -2.29. The normalized spacial score (nSPS) is 21.7. The van der Waals surface area contributed by atoms with E-state index in [0.717, 1.165) is 11.1 Å². The van der Waals surface area contributed by atoms with Gasteiger partial charge in [0.2, 0.25) is 0 Å². The van der Waals surface area contributed by atoms with E-state index < -0.39 is 12.4 Å². The number of ketones is 1. The summed E-state index contributed by atoms with van der Waals surface area (Å²) in [5.74, 6) is -0.363. The highest BCUT2D eigenvalue weighted by molar-refractivity contribution is 5.95. The van der Waals surface area contributed by atoms with Gasteiger partial charge in [0, 0.05) is 5.92 Å². The van der Waals surface area contributed by atoms with Crippen LogP contribution in [0.5, 0.6) is 0 Å². The van der Waals surface area contributed by atoms with Crippen molar-refractivity contribution in [2.45, 2.75) is 18.3 Å². The van der Waals surface area contributed by atoms with Crippen molar-refractivity contribution in [2.24, 2.45) is 0 Å². The Morgan fingerprint density at radius 2 is 1.43 bits per heavy atom. The van der Waals surface area contributed by atoms with Gasteiger partial charge < -0.3 is 9.84 Å². The Balaban J connectivity index is 2.05. The van der Waals surface area contributed by atoms with Crippen LogP contribution in [0.25, 0.3) is 0 Å². The zero-order chi connectivity index (χ0) is 14.7. The third kappa shape index (κ3) is 2.94. The number of benzene rings is 2. The second-order valence-electron chi connectivity index (χ2n) is 5.01. The number of aliphatic hydroxyl groups excluding tert-OH is 1. The lowest BCUT2D eigenvalue weighted by molar-refractivity contribution is -0.149. The standard InChI is InChI=1S/C18H16O3/c19-15-11-12-16(20)21-18(15)17(13-7-3-1-4-8-13)14-9-5-2-6-10-14/h1-12,16-18,20H/t16-,18+/m1/s1. The molecule has 3 heteroatoms. The molecular weight excluding hydrogens is 264 g/mol. The molecule has 0 spiro atoms. The lowest BCUT2D eigenvalue weighted by atomic mass is 9.84. The third-order valence-electron chi connectivity index (χ3n) is 3.61. The summed E-state index contributed by atoms with van der Waals surface area (Å²) >= 11 is 0. The second kappa shape index (κ2) is 6.04. The molecule has 0 aromatic heterocycles. The quantitative estimate of drug-likeness (QED) is 0.940. The van der Waals surface area contributed by atoms with E-state index in [2.05, 4.69) is 0 Å². The zero-order valence-electron chi connectivity index (χ0n) is 11.4. The minimum absolute atomic E-state index is 0.127. The SMILES string of the molecule is O=C1C=C[C@H](O)O[C@@H]1C(c1ccccc1)c1ccccc1. The minimum Gasteiger partial charge on any atom is -0.365 e. The van der Waals surface area contributed by atoms with Gasteiger partial charge in [-0.3, -0.25) is 4.79 Å². The van der Waals surface area contributed by atoms with Gasteiger partial charge in [-0.1, -0.05) is 60.7 Å². The van der Waals surface area contributed by atoms with Crippen LogP contribution in [0.3, 0.4) is 0 Å². The van der Waals surface area contributed by atoms with Gasteiger partial charge in [0.25, 0.3) is 0 Å². The van der Waals surface area contributed by atoms with Crippen molar-refractivity contribution in [1.82, 2.24) is 0 Å². The molecular formula is C18H16O3. The molecule has 1 aliphatic rings. The van der Waals surface area contributed by atoms with E-state index in [9.17, 15) is 9.90 Å². The molecule has 0 bridgehead atoms. The molecule has 0 radical (unpaired) electrons. The van der Waals surface area contributed by atoms with E-state index >= 15 is 0 Å². The lowest BCUT2D eigenvalue weighted by Crippen LogP contribution is -2.37. The van der Waals surface area contributed by atoms with Crippen LogP contribution in [0.4, 0.5) is 0 Å². The summed E-state index contributed by atoms with van der Waals surface area (Å²) in [6.07, 6.45) is 1.02. The van der Waals surface area contributed by atoms with Gasteiger partial charge in [-0.2, -0.15) is 0 Å². The molecule has 0 unspecified atom stereocenters. The van der Waals surface area contributed by atoms with Crippen LogP contribution < -0.4 is 0 Å². The van der Waals surface area contributed by atoms with Crippen molar-refractivity contribution >= 4 is 5.78 Å². The molecule has 0 fully saturated rings. The summed E-state index contributed by atoms with van der Waals surface area (Å²) in [5.41, 5.74) is 1.98. The first-order chi connectivity index (χ1) is 10.3. The second-order valence-corrected chi connectivity index (χ2v) is 5.01. The summed E-state index contributed by atoms with van der Waals surface area (Å²) in [4.78, 5) is 12.2. The third-order valence-corrected chi connectivity index (χ3v) is 3.61. The summed E-state index contributed by atoms with van der Waals surface area (Å²) < 4.78 is 5.49. The Morgan fingerprint density at radius 3 is 1.95 bits per heavy atom. The Labute approximate surface area is 123 Å². The summed E-state index contributed by atoms with van der Waals surface area (Å²) in [6, 6.07) is 19.5. The largest absolute Gasteiger partial charge is 0.365 e. The van der Waals surface area contributed by atoms with Crippen molar-refractivity contribution in [2.75, 3.05) is 0 Å². The van der Waals surface area contributed by atoms with Gasteiger partial charge in [0.1, 0.15) is 6.10 Å². The van der Waals surface area contributed by atoms with Crippen molar-refractivity contribution in [3.05, 3.63) is 83.9 Å². The van der Waals surface area contributed by atoms with Crippen LogP contribution >= 0.6 is 0 Å². The van der Waals surface area contributed by atoms with Crippen LogP contribution in [-0.4, -0.2) is 23.3 Å². The van der Waals surface area contributed by atoms with Gasteiger partial charge in [0.05, 0.1) is 0 Å². The van der Waals surface area contributed by atoms with Crippen LogP contribution in [0.2, 0.25) is 0 Å². The smallest absolute Gasteiger partial charge is 0.185 e. The van der Waals surface area contributed by atoms with Crippen LogP contribution in [0, 0.1) is 0 Å². The number of hydrogen-bond acceptors (Lipinski definition) is 3. The minimum atomic E-state index is -1.04. The maximum atomic E-state index is 12.2. The van der Waals surface area contributed by atoms with Crippen molar-refractivity contribution in [1.29, 1.82) is 0 Å². The predicted molar refractivity (Wildman–Crippen MR) is 79.8 cm³/mol. The predicted octanol–water partition coefficient (Wildman–Crippen LogP) is 2.66. The highest BCUT2D eigenvalue weighted by atomic mass is 16.6. The highest BCUT2D eigenvalue weighted by Gasteiger charge is 2.34. The molecule has 2 atom stereocenters. The number of carbonyl (C=O) groups is 1. The fourth-order valence-electron chi connectivity index (χ4n) is 2.64. The molecule has 1 N–H and O–H groups in total. The molecule has 3 rings (SSSR count). The van der Waals surface area contributed by atoms with Crippen LogP contribution in [0.1, 0.15) is 17.0 Å². The summed E-state index contributed by atoms with van der Waals surface area (Å²) in [6.45, 7) is 0. The Hall–Kier alpha value is -2.23. The average Bonchev–Trinajstić information content (AvgIpc) is 2.53. The van der Waals surface area contributed by atoms with Gasteiger partial charge >= 0.3 is 0 Å². The van der Waals surface area contributed by atoms with Crippen LogP contribution in [-0.2, 0) is 9.53 Å². The first-order valence-corrected chi connectivity index (χ1v) is 6.91. The summed E-state index contributed by atoms with van der Waals surface area (Å²) in [5, 5.41) is 9.68. The fourth-order valence-corrected chi connectivity index (χ4v) is 2.64. The number of carbonyl (C=O) groups excluding carboxylic acids is 1. The Bertz CT molecular complexity index is 595. The molecule has 3 nitrogen and oxygen atoms in total. The fraction of sp³-hybridized carbons (Fsp3) is 0.167. The van der Waals surface area contributed by atoms with E-state index in [4.69, 9.17) is 4.74 Å². The topological polar surface area (TPSA) is 46.5 Å². The maximum absolute atomic E-state index is 12.2. The molecule has 0 amide bonds. The number of rotatable bonds is 3. The van der Waals surface area contributed by atoms with Gasteiger partial charge in [-0.05, 0) is 23.3 Å². The molecule has 1 heterocycles. The molecule has 2 aromatic carbocycles. The van der Waals surface area contributed by atoms with Crippen molar-refractivity contribution < 1.29 is 14.6 Å². The molecule has 0 saturated heterocycles. The maximum Gasteiger partial charge on any atom is 0.185 e.